The molecular formula is C73H92Cl2N6O25. The maximum absolute atomic E-state index is 14.8. The molecule has 1 aliphatic carbocycles. The van der Waals surface area contributed by atoms with E-state index < -0.39 is 191 Å². The molecule has 4 aromatic rings. The number of unbranched alkanes of at least 4 members (excludes halogenated alkanes) is 4. The van der Waals surface area contributed by atoms with Crippen LogP contribution in [0.4, 0.5) is 4.79 Å². The minimum absolute atomic E-state index is 0.00342. The summed E-state index contributed by atoms with van der Waals surface area (Å²) < 4.78 is 109. The lowest BCUT2D eigenvalue weighted by molar-refractivity contribution is -0.378. The van der Waals surface area contributed by atoms with Crippen LogP contribution in [0.1, 0.15) is 117 Å². The first kappa shape index (κ1) is 82.7. The summed E-state index contributed by atoms with van der Waals surface area (Å²) in [6.45, 7) is 4.17. The summed E-state index contributed by atoms with van der Waals surface area (Å²) in [4.78, 5) is 75.0. The van der Waals surface area contributed by atoms with E-state index in [0.29, 0.717) is 51.4 Å². The Hall–Kier alpha value is -7.33. The van der Waals surface area contributed by atoms with E-state index in [1.54, 1.807) is 36.4 Å². The van der Waals surface area contributed by atoms with Gasteiger partial charge in [-0.15, -0.1) is 23.2 Å². The number of carbonyl (C=O) groups excluding carboxylic acids is 5. The van der Waals surface area contributed by atoms with Crippen molar-refractivity contribution in [3.05, 3.63) is 152 Å². The van der Waals surface area contributed by atoms with Crippen molar-refractivity contribution >= 4 is 53.2 Å². The van der Waals surface area contributed by atoms with E-state index in [9.17, 15) is 50.4 Å². The molecule has 3 N–H and O–H groups in total. The number of halogens is 2. The number of nitrogens with zero attached hydrogens (tertiary/aromatic N) is 6. The molecule has 0 saturated carbocycles. The zero-order chi connectivity index (χ0) is 75.5. The number of ether oxygens (including phenoxy) is 17. The van der Waals surface area contributed by atoms with Crippen LogP contribution in [0, 0.1) is 0 Å². The second-order valence-electron chi connectivity index (χ2n) is 25.5. The Morgan fingerprint density at radius 2 is 0.830 bits per heavy atom. The minimum atomic E-state index is -1.92. The van der Waals surface area contributed by atoms with Crippen LogP contribution in [-0.2, 0) is 90.1 Å². The number of hydrogen-bond donors (Lipinski definition) is 3. The fourth-order valence-corrected chi connectivity index (χ4v) is 13.2. The molecule has 4 aromatic carbocycles. The average Bonchev–Trinajstić information content (AvgIpc) is 0.919. The van der Waals surface area contributed by atoms with Gasteiger partial charge in [0.05, 0.1) is 30.4 Å². The van der Waals surface area contributed by atoms with Gasteiger partial charge < -0.3 is 95.8 Å². The first-order valence-corrected chi connectivity index (χ1v) is 36.7. The van der Waals surface area contributed by atoms with Crippen LogP contribution in [0.3, 0.4) is 0 Å². The standard InChI is InChI=1S/C73H92Cl2N6O25/c1-5-9-31-90-61-55(78-80-76)70(103-59-51(40-94-53(84)35-74)97-69(88)65(63(59)92-33-11-7-3)101-67(86)42-23-15-13-16-24-42)98-49(37-82)57(61)105-72-66(102-68(87)43-25-17-14-18-26-43)64(93-34-12-8-4)60(52(100-72)41-95-54(85)36-75)104-71-56(79-81-77)62(91-32-10-6-2)58(50(38-83)99-71)106-73(89)96-39-48-46-29-21-19-27-44(46)45-28-20-22-30-47(45)48/h13-30,48-52,55-66,69-72,82-83,88H,5-12,31-41H2,1-4H3. The quantitative estimate of drug-likeness (QED) is 0.00711. The molecule has 578 valence electrons. The van der Waals surface area contributed by atoms with Crippen molar-refractivity contribution in [2.24, 2.45) is 10.2 Å². The molecule has 4 aliphatic heterocycles. The minimum Gasteiger partial charge on any atom is -0.462 e. The van der Waals surface area contributed by atoms with E-state index in [1.807, 2.05) is 76.2 Å². The number of carbonyl (C=O) groups is 5. The van der Waals surface area contributed by atoms with Gasteiger partial charge in [0, 0.05) is 42.2 Å². The maximum atomic E-state index is 14.8. The second kappa shape index (κ2) is 42.4. The normalized spacial score (nSPS) is 29.0. The van der Waals surface area contributed by atoms with Gasteiger partial charge in [0.2, 0.25) is 0 Å². The molecule has 0 amide bonds. The fourth-order valence-electron chi connectivity index (χ4n) is 13.1. The molecule has 0 radical (unpaired) electrons. The van der Waals surface area contributed by atoms with Crippen molar-refractivity contribution in [3.8, 4) is 11.1 Å². The summed E-state index contributed by atoms with van der Waals surface area (Å²) in [7, 11) is 0. The SMILES string of the molecule is CCCCOC1C(N=[N+]=[N-])C(OC2C(COC(=O)CCl)OC(OC3C(CO)OC(OC4C(COC(=O)CCl)OC(O)C(OC(=O)c5ccccc5)C4OCCCC)C(N=[N+]=[N-])C3OCCCC)C(OC(=O)c3ccccc3)C2OCCCC)OC(CO)C1OC(=O)OCC1c2ccccc2-c2ccccc21. The molecule has 4 heterocycles. The molecule has 20 unspecified atom stereocenters. The van der Waals surface area contributed by atoms with Crippen LogP contribution >= 0.6 is 23.2 Å². The number of fused-ring (bicyclic) bond motifs is 3. The summed E-state index contributed by atoms with van der Waals surface area (Å²) in [6, 6.07) is 27.9. The molecule has 9 rings (SSSR count). The summed E-state index contributed by atoms with van der Waals surface area (Å²) in [5.41, 5.74) is 24.9. The maximum Gasteiger partial charge on any atom is 0.508 e. The topological polar surface area (TPSA) is 400 Å². The molecule has 31 nitrogen and oxygen atoms in total. The Balaban J connectivity index is 1.09. The predicted molar refractivity (Wildman–Crippen MR) is 375 cm³/mol. The molecule has 106 heavy (non-hydrogen) atoms. The molecule has 5 aliphatic rings. The van der Waals surface area contributed by atoms with Crippen molar-refractivity contribution in [2.45, 2.75) is 208 Å². The highest BCUT2D eigenvalue weighted by atomic mass is 35.5. The lowest BCUT2D eigenvalue weighted by atomic mass is 9.94. The molecule has 4 fully saturated rings. The third-order valence-corrected chi connectivity index (χ3v) is 18.8. The summed E-state index contributed by atoms with van der Waals surface area (Å²) in [5, 5.41) is 42.9. The van der Waals surface area contributed by atoms with Gasteiger partial charge in [-0.05, 0) is 83.3 Å². The Labute approximate surface area is 622 Å². The first-order chi connectivity index (χ1) is 51.7. The lowest BCUT2D eigenvalue weighted by Crippen LogP contribution is -2.68. The highest BCUT2D eigenvalue weighted by Crippen LogP contribution is 2.46. The molecular weight excluding hydrogens is 1430 g/mol. The van der Waals surface area contributed by atoms with Gasteiger partial charge in [0.25, 0.3) is 0 Å². The number of benzene rings is 4. The number of aliphatic hydroxyl groups excluding tert-OH is 3. The number of aliphatic hydroxyl groups is 3. The third-order valence-electron chi connectivity index (χ3n) is 18.4. The number of rotatable bonds is 39. The van der Waals surface area contributed by atoms with Crippen molar-refractivity contribution in [2.75, 3.05) is 71.2 Å². The summed E-state index contributed by atoms with van der Waals surface area (Å²) >= 11 is 11.9. The second-order valence-corrected chi connectivity index (χ2v) is 26.0. The number of alkyl halides is 2. The number of esters is 4. The Morgan fingerprint density at radius 1 is 0.443 bits per heavy atom. The van der Waals surface area contributed by atoms with Gasteiger partial charge in [-0.2, -0.15) is 0 Å². The van der Waals surface area contributed by atoms with E-state index >= 15 is 0 Å². The first-order valence-electron chi connectivity index (χ1n) is 35.7. The van der Waals surface area contributed by atoms with Gasteiger partial charge in [-0.25, -0.2) is 14.4 Å². The highest BCUT2D eigenvalue weighted by Gasteiger charge is 2.59. The van der Waals surface area contributed by atoms with Gasteiger partial charge in [-0.3, -0.25) is 9.59 Å². The Bertz CT molecular complexity index is 3490. The van der Waals surface area contributed by atoms with Gasteiger partial charge in [0.15, 0.2) is 43.5 Å². The molecule has 20 atom stereocenters. The third kappa shape index (κ3) is 21.3. The fraction of sp³-hybridized carbons (Fsp3) is 0.603. The highest BCUT2D eigenvalue weighted by molar-refractivity contribution is 6.26. The van der Waals surface area contributed by atoms with Crippen LogP contribution in [0.2, 0.25) is 0 Å². The van der Waals surface area contributed by atoms with E-state index in [-0.39, 0.29) is 50.1 Å². The molecule has 0 bridgehead atoms. The molecule has 4 saturated heterocycles. The van der Waals surface area contributed by atoms with Crippen molar-refractivity contribution in [1.29, 1.82) is 0 Å². The van der Waals surface area contributed by atoms with Gasteiger partial charge in [0.1, 0.15) is 105 Å². The van der Waals surface area contributed by atoms with Crippen LogP contribution in [0.15, 0.2) is 119 Å². The van der Waals surface area contributed by atoms with Crippen molar-refractivity contribution < 1.29 is 120 Å². The molecule has 33 heteroatoms. The van der Waals surface area contributed by atoms with Gasteiger partial charge in [-0.1, -0.05) is 149 Å². The van der Waals surface area contributed by atoms with E-state index in [0.717, 1.165) is 22.3 Å². The van der Waals surface area contributed by atoms with Crippen LogP contribution in [0.25, 0.3) is 32.0 Å². The Kier molecular flexibility index (Phi) is 33.1. The summed E-state index contributed by atoms with van der Waals surface area (Å²) in [5.74, 6) is -5.26. The van der Waals surface area contributed by atoms with Crippen LogP contribution in [0.5, 0.6) is 0 Å². The van der Waals surface area contributed by atoms with Crippen LogP contribution < -0.4 is 0 Å². The van der Waals surface area contributed by atoms with E-state index in [2.05, 4.69) is 20.1 Å². The lowest BCUT2D eigenvalue weighted by Gasteiger charge is -2.51. The average molecular weight is 1520 g/mol. The van der Waals surface area contributed by atoms with Crippen LogP contribution in [-0.4, -0.2) is 239 Å². The zero-order valence-corrected chi connectivity index (χ0v) is 60.7. The van der Waals surface area contributed by atoms with Crippen molar-refractivity contribution in [3.63, 3.8) is 0 Å². The smallest absolute Gasteiger partial charge is 0.462 e. The van der Waals surface area contributed by atoms with Gasteiger partial charge >= 0.3 is 30.0 Å². The largest absolute Gasteiger partial charge is 0.508 e. The zero-order valence-electron chi connectivity index (χ0n) is 59.2. The van der Waals surface area contributed by atoms with E-state index in [4.69, 9.17) is 104 Å². The number of hydrogen-bond acceptors (Lipinski definition) is 27. The monoisotopic (exact) mass is 1520 g/mol. The molecule has 0 spiro atoms. The van der Waals surface area contributed by atoms with Crippen molar-refractivity contribution in [1.82, 2.24) is 0 Å². The summed E-state index contributed by atoms with van der Waals surface area (Å²) in [6.07, 6.45) is -26.5. The van der Waals surface area contributed by atoms with E-state index in [1.165, 1.54) is 24.3 Å². The number of azide groups is 2. The Morgan fingerprint density at radius 3 is 1.28 bits per heavy atom. The molecule has 0 aromatic heterocycles. The predicted octanol–water partition coefficient (Wildman–Crippen LogP) is 9.47.